The van der Waals surface area contributed by atoms with Crippen LogP contribution in [0.1, 0.15) is 29.8 Å². The fourth-order valence-electron chi connectivity index (χ4n) is 3.02. The zero-order chi connectivity index (χ0) is 17.8. The van der Waals surface area contributed by atoms with Crippen LogP contribution >= 0.6 is 0 Å². The molecule has 2 aromatic heterocycles. The Morgan fingerprint density at radius 1 is 1.16 bits per heavy atom. The molecule has 3 rings (SSSR count). The molecule has 0 fully saturated rings. The van der Waals surface area contributed by atoms with Gasteiger partial charge in [0.15, 0.2) is 0 Å². The molecule has 0 spiro atoms. The van der Waals surface area contributed by atoms with Crippen molar-refractivity contribution >= 4 is 22.6 Å². The van der Waals surface area contributed by atoms with Crippen molar-refractivity contribution in [1.82, 2.24) is 20.5 Å². The number of aryl methyl sites for hydroxylation is 2. The average molecular weight is 337 g/mol. The topological polar surface area (TPSA) is 82.7 Å². The number of fused-ring (bicyclic) bond motifs is 1. The van der Waals surface area contributed by atoms with Crippen LogP contribution in [0.15, 0.2) is 36.4 Å². The quantitative estimate of drug-likeness (QED) is 0.604. The van der Waals surface area contributed by atoms with Crippen molar-refractivity contribution in [3.05, 3.63) is 53.3 Å². The maximum atomic E-state index is 12.3. The van der Waals surface area contributed by atoms with Gasteiger partial charge in [-0.3, -0.25) is 9.89 Å². The molecule has 0 aliphatic carbocycles. The van der Waals surface area contributed by atoms with E-state index >= 15 is 0 Å². The number of H-pyrrole nitrogens is 1. The normalized spacial score (nSPS) is 12.1. The Morgan fingerprint density at radius 3 is 2.72 bits per heavy atom. The summed E-state index contributed by atoms with van der Waals surface area (Å²) in [7, 11) is 0. The van der Waals surface area contributed by atoms with Crippen LogP contribution < -0.4 is 10.6 Å². The molecule has 6 heteroatoms. The number of hydrogen-bond acceptors (Lipinski definition) is 4. The van der Waals surface area contributed by atoms with Gasteiger partial charge in [0.2, 0.25) is 5.91 Å². The minimum Gasteiger partial charge on any atom is -0.368 e. The molecule has 0 saturated carbocycles. The predicted octanol–water partition coefficient (Wildman–Crippen LogP) is 2.91. The molecule has 0 bridgehead atoms. The first kappa shape index (κ1) is 17.0. The molecule has 6 nitrogen and oxygen atoms in total. The molecule has 0 aliphatic heterocycles. The Morgan fingerprint density at radius 2 is 1.96 bits per heavy atom. The standard InChI is InChI=1S/C19H23N5O/c1-12(18-13(2)23-24-14(18)3)19(25)21-11-10-20-17-9-8-15-6-4-5-7-16(15)22-17/h4-9,12H,10-11H2,1-3H3,(H,20,22)(H,21,25)(H,23,24). The lowest BCUT2D eigenvalue weighted by Crippen LogP contribution is -2.32. The average Bonchev–Trinajstić information content (AvgIpc) is 2.96. The summed E-state index contributed by atoms with van der Waals surface area (Å²) in [6.07, 6.45) is 0. The number of amides is 1. The van der Waals surface area contributed by atoms with E-state index in [1.165, 1.54) is 0 Å². The third-order valence-corrected chi connectivity index (χ3v) is 4.34. The highest BCUT2D eigenvalue weighted by molar-refractivity contribution is 5.83. The van der Waals surface area contributed by atoms with E-state index in [4.69, 9.17) is 0 Å². The lowest BCUT2D eigenvalue weighted by molar-refractivity contribution is -0.122. The highest BCUT2D eigenvalue weighted by Crippen LogP contribution is 2.21. The second-order valence-corrected chi connectivity index (χ2v) is 6.18. The maximum Gasteiger partial charge on any atom is 0.227 e. The highest BCUT2D eigenvalue weighted by Gasteiger charge is 2.20. The maximum absolute atomic E-state index is 12.3. The number of carbonyl (C=O) groups excluding carboxylic acids is 1. The van der Waals surface area contributed by atoms with E-state index in [0.29, 0.717) is 13.1 Å². The van der Waals surface area contributed by atoms with Gasteiger partial charge in [-0.2, -0.15) is 5.10 Å². The Labute approximate surface area is 147 Å². The van der Waals surface area contributed by atoms with Crippen molar-refractivity contribution in [3.8, 4) is 0 Å². The van der Waals surface area contributed by atoms with Crippen LogP contribution in [0.25, 0.3) is 10.9 Å². The summed E-state index contributed by atoms with van der Waals surface area (Å²) in [6.45, 7) is 6.90. The second-order valence-electron chi connectivity index (χ2n) is 6.18. The molecule has 25 heavy (non-hydrogen) atoms. The second kappa shape index (κ2) is 7.34. The van der Waals surface area contributed by atoms with E-state index in [9.17, 15) is 4.79 Å². The monoisotopic (exact) mass is 337 g/mol. The summed E-state index contributed by atoms with van der Waals surface area (Å²) in [4.78, 5) is 16.9. The van der Waals surface area contributed by atoms with Crippen LogP contribution in [0, 0.1) is 13.8 Å². The SMILES string of the molecule is Cc1n[nH]c(C)c1C(C)C(=O)NCCNc1ccc2ccccc2n1. The van der Waals surface area contributed by atoms with Gasteiger partial charge < -0.3 is 10.6 Å². The molecule has 0 aliphatic rings. The molecule has 130 valence electrons. The Kier molecular flexibility index (Phi) is 4.97. The highest BCUT2D eigenvalue weighted by atomic mass is 16.1. The predicted molar refractivity (Wildman–Crippen MR) is 99.7 cm³/mol. The molecule has 1 aromatic carbocycles. The minimum absolute atomic E-state index is 0.000806. The summed E-state index contributed by atoms with van der Waals surface area (Å²) in [6, 6.07) is 12.0. The van der Waals surface area contributed by atoms with Crippen LogP contribution in [0.3, 0.4) is 0 Å². The third-order valence-electron chi connectivity index (χ3n) is 4.34. The van der Waals surface area contributed by atoms with Crippen molar-refractivity contribution in [3.63, 3.8) is 0 Å². The lowest BCUT2D eigenvalue weighted by Gasteiger charge is -2.13. The van der Waals surface area contributed by atoms with Gasteiger partial charge in [-0.05, 0) is 39.0 Å². The summed E-state index contributed by atoms with van der Waals surface area (Å²) >= 11 is 0. The third kappa shape index (κ3) is 3.79. The van der Waals surface area contributed by atoms with Crippen molar-refractivity contribution in [2.45, 2.75) is 26.7 Å². The number of carbonyl (C=O) groups is 1. The number of hydrogen-bond donors (Lipinski definition) is 3. The zero-order valence-electron chi connectivity index (χ0n) is 14.8. The van der Waals surface area contributed by atoms with Gasteiger partial charge in [0.25, 0.3) is 0 Å². The molecule has 2 heterocycles. The number of pyridine rings is 1. The van der Waals surface area contributed by atoms with Crippen molar-refractivity contribution in [2.75, 3.05) is 18.4 Å². The molecule has 1 atom stereocenters. The fraction of sp³-hybridized carbons (Fsp3) is 0.316. The first-order valence-electron chi connectivity index (χ1n) is 8.45. The Balaban J connectivity index is 1.51. The summed E-state index contributed by atoms with van der Waals surface area (Å²) in [5.74, 6) is 0.584. The van der Waals surface area contributed by atoms with Crippen molar-refractivity contribution < 1.29 is 4.79 Å². The van der Waals surface area contributed by atoms with E-state index in [2.05, 4.69) is 25.8 Å². The van der Waals surface area contributed by atoms with Crippen LogP contribution in [0.2, 0.25) is 0 Å². The van der Waals surface area contributed by atoms with Crippen LogP contribution in [-0.2, 0) is 4.79 Å². The number of nitrogens with zero attached hydrogens (tertiary/aromatic N) is 2. The first-order chi connectivity index (χ1) is 12.1. The van der Waals surface area contributed by atoms with Gasteiger partial charge in [-0.1, -0.05) is 18.2 Å². The van der Waals surface area contributed by atoms with Crippen molar-refractivity contribution in [1.29, 1.82) is 0 Å². The Bertz CT molecular complexity index is 867. The first-order valence-corrected chi connectivity index (χ1v) is 8.45. The van der Waals surface area contributed by atoms with Crippen LogP contribution in [0.4, 0.5) is 5.82 Å². The smallest absolute Gasteiger partial charge is 0.227 e. The fourth-order valence-corrected chi connectivity index (χ4v) is 3.02. The number of aromatic nitrogens is 3. The molecule has 0 saturated heterocycles. The molecular formula is C19H23N5O. The van der Waals surface area contributed by atoms with Gasteiger partial charge in [0.1, 0.15) is 5.82 Å². The Hall–Kier alpha value is -2.89. The van der Waals surface area contributed by atoms with E-state index in [-0.39, 0.29) is 11.8 Å². The van der Waals surface area contributed by atoms with Gasteiger partial charge in [0, 0.05) is 29.7 Å². The zero-order valence-corrected chi connectivity index (χ0v) is 14.8. The number of para-hydroxylation sites is 1. The van der Waals surface area contributed by atoms with Gasteiger partial charge in [-0.25, -0.2) is 4.98 Å². The molecular weight excluding hydrogens is 314 g/mol. The van der Waals surface area contributed by atoms with Crippen LogP contribution in [0.5, 0.6) is 0 Å². The van der Waals surface area contributed by atoms with Crippen LogP contribution in [-0.4, -0.2) is 34.2 Å². The molecule has 1 amide bonds. The molecule has 3 N–H and O–H groups in total. The number of rotatable bonds is 6. The number of nitrogens with one attached hydrogen (secondary N) is 3. The largest absolute Gasteiger partial charge is 0.368 e. The van der Waals surface area contributed by atoms with Gasteiger partial charge in [0.05, 0.1) is 17.1 Å². The summed E-state index contributed by atoms with van der Waals surface area (Å²) in [5.41, 5.74) is 3.75. The van der Waals surface area contributed by atoms with Gasteiger partial charge in [-0.15, -0.1) is 0 Å². The van der Waals surface area contributed by atoms with E-state index in [1.807, 2.05) is 57.2 Å². The number of aromatic amines is 1. The summed E-state index contributed by atoms with van der Waals surface area (Å²) < 4.78 is 0. The molecule has 3 aromatic rings. The number of anilines is 1. The van der Waals surface area contributed by atoms with Gasteiger partial charge >= 0.3 is 0 Å². The minimum atomic E-state index is -0.224. The summed E-state index contributed by atoms with van der Waals surface area (Å²) in [5, 5.41) is 14.4. The van der Waals surface area contributed by atoms with E-state index in [0.717, 1.165) is 33.7 Å². The lowest BCUT2D eigenvalue weighted by atomic mass is 9.98. The van der Waals surface area contributed by atoms with E-state index < -0.39 is 0 Å². The van der Waals surface area contributed by atoms with E-state index in [1.54, 1.807) is 0 Å². The molecule has 1 unspecified atom stereocenters. The molecule has 0 radical (unpaired) electrons. The van der Waals surface area contributed by atoms with Crippen molar-refractivity contribution in [2.24, 2.45) is 0 Å². The number of benzene rings is 1.